The Hall–Kier alpha value is -2.76. The molecule has 6 heteroatoms. The normalized spacial score (nSPS) is 15.4. The van der Waals surface area contributed by atoms with Crippen molar-refractivity contribution in [3.05, 3.63) is 52.7 Å². The molecule has 0 atom stereocenters. The number of hydrogen-bond donors (Lipinski definition) is 3. The van der Waals surface area contributed by atoms with Crippen molar-refractivity contribution in [3.8, 4) is 5.75 Å². The minimum Gasteiger partial charge on any atom is -0.507 e. The molecule has 29 heavy (non-hydrogen) atoms. The van der Waals surface area contributed by atoms with Gasteiger partial charge in [0.15, 0.2) is 5.96 Å². The number of aromatic nitrogens is 1. The number of nitrogens with one attached hydrogen (secondary N) is 2. The van der Waals surface area contributed by atoms with Gasteiger partial charge in [0.25, 0.3) is 0 Å². The van der Waals surface area contributed by atoms with Crippen molar-refractivity contribution in [2.45, 2.75) is 53.1 Å². The Kier molecular flexibility index (Phi) is 6.96. The molecule has 0 radical (unpaired) electrons. The standard InChI is InChI=1S/C23H33N5O/c1-5-24-23(26-15-19-12-17(3)22(29)18(4)13-19)27-20-8-10-28(11-9-20)21-7-6-16(2)14-25-21/h6-7,12-14,20,29H,5,8-11,15H2,1-4H3,(H2,24,26,27). The molecule has 0 amide bonds. The largest absolute Gasteiger partial charge is 0.507 e. The fourth-order valence-electron chi connectivity index (χ4n) is 3.72. The molecule has 0 saturated carbocycles. The van der Waals surface area contributed by atoms with E-state index >= 15 is 0 Å². The van der Waals surface area contributed by atoms with Crippen LogP contribution in [0.15, 0.2) is 35.5 Å². The van der Waals surface area contributed by atoms with Crippen molar-refractivity contribution >= 4 is 11.8 Å². The lowest BCUT2D eigenvalue weighted by molar-refractivity contribution is 0.459. The number of piperidine rings is 1. The van der Waals surface area contributed by atoms with Crippen LogP contribution in [-0.2, 0) is 6.54 Å². The highest BCUT2D eigenvalue weighted by molar-refractivity contribution is 5.80. The monoisotopic (exact) mass is 395 g/mol. The number of aromatic hydroxyl groups is 1. The summed E-state index contributed by atoms with van der Waals surface area (Å²) in [6.45, 7) is 11.4. The lowest BCUT2D eigenvalue weighted by Gasteiger charge is -2.33. The molecule has 0 bridgehead atoms. The Morgan fingerprint density at radius 3 is 2.45 bits per heavy atom. The van der Waals surface area contributed by atoms with Gasteiger partial charge >= 0.3 is 0 Å². The summed E-state index contributed by atoms with van der Waals surface area (Å²) < 4.78 is 0. The van der Waals surface area contributed by atoms with Crippen LogP contribution >= 0.6 is 0 Å². The van der Waals surface area contributed by atoms with Crippen LogP contribution < -0.4 is 15.5 Å². The quantitative estimate of drug-likeness (QED) is 0.534. The van der Waals surface area contributed by atoms with E-state index in [4.69, 9.17) is 4.99 Å². The maximum absolute atomic E-state index is 9.96. The molecule has 1 aliphatic heterocycles. The lowest BCUT2D eigenvalue weighted by atomic mass is 10.1. The van der Waals surface area contributed by atoms with Crippen LogP contribution in [0.5, 0.6) is 5.75 Å². The predicted molar refractivity (Wildman–Crippen MR) is 120 cm³/mol. The molecule has 6 nitrogen and oxygen atoms in total. The molecule has 0 unspecified atom stereocenters. The number of pyridine rings is 1. The third-order valence-electron chi connectivity index (χ3n) is 5.37. The van der Waals surface area contributed by atoms with Crippen LogP contribution in [0.2, 0.25) is 0 Å². The van der Waals surface area contributed by atoms with Crippen molar-refractivity contribution in [1.29, 1.82) is 0 Å². The fraction of sp³-hybridized carbons (Fsp3) is 0.478. The highest BCUT2D eigenvalue weighted by Gasteiger charge is 2.20. The Bertz CT molecular complexity index is 816. The van der Waals surface area contributed by atoms with Crippen molar-refractivity contribution in [1.82, 2.24) is 15.6 Å². The van der Waals surface area contributed by atoms with E-state index in [1.807, 2.05) is 32.2 Å². The molecule has 2 heterocycles. The van der Waals surface area contributed by atoms with Gasteiger partial charge in [0.2, 0.25) is 0 Å². The SMILES string of the molecule is CCNC(=NCc1cc(C)c(O)c(C)c1)NC1CCN(c2ccc(C)cn2)CC1. The van der Waals surface area contributed by atoms with Gasteiger partial charge < -0.3 is 20.6 Å². The summed E-state index contributed by atoms with van der Waals surface area (Å²) in [4.78, 5) is 11.7. The van der Waals surface area contributed by atoms with Gasteiger partial charge in [-0.2, -0.15) is 0 Å². The first-order valence-electron chi connectivity index (χ1n) is 10.5. The number of nitrogens with zero attached hydrogens (tertiary/aromatic N) is 3. The van der Waals surface area contributed by atoms with Gasteiger partial charge in [-0.25, -0.2) is 9.98 Å². The molecule has 3 rings (SSSR count). The summed E-state index contributed by atoms with van der Waals surface area (Å²) in [5, 5.41) is 16.9. The summed E-state index contributed by atoms with van der Waals surface area (Å²) in [6, 6.07) is 8.63. The first kappa shape index (κ1) is 21.0. The summed E-state index contributed by atoms with van der Waals surface area (Å²) >= 11 is 0. The molecular weight excluding hydrogens is 362 g/mol. The van der Waals surface area contributed by atoms with E-state index in [1.165, 1.54) is 5.56 Å². The van der Waals surface area contributed by atoms with Gasteiger partial charge in [-0.3, -0.25) is 0 Å². The van der Waals surface area contributed by atoms with Gasteiger partial charge in [0.1, 0.15) is 11.6 Å². The van der Waals surface area contributed by atoms with Gasteiger partial charge in [-0.1, -0.05) is 18.2 Å². The molecule has 0 aliphatic carbocycles. The highest BCUT2D eigenvalue weighted by atomic mass is 16.3. The average molecular weight is 396 g/mol. The first-order valence-corrected chi connectivity index (χ1v) is 10.5. The second-order valence-electron chi connectivity index (χ2n) is 7.87. The van der Waals surface area contributed by atoms with E-state index in [0.717, 1.165) is 60.9 Å². The average Bonchev–Trinajstić information content (AvgIpc) is 2.71. The molecule has 1 fully saturated rings. The Labute approximate surface area is 174 Å². The van der Waals surface area contributed by atoms with Crippen molar-refractivity contribution in [2.24, 2.45) is 4.99 Å². The number of anilines is 1. The number of aryl methyl sites for hydroxylation is 3. The second kappa shape index (κ2) is 9.63. The summed E-state index contributed by atoms with van der Waals surface area (Å²) in [5.41, 5.74) is 4.08. The van der Waals surface area contributed by atoms with Crippen molar-refractivity contribution in [3.63, 3.8) is 0 Å². The molecule has 2 aromatic rings. The van der Waals surface area contributed by atoms with Gasteiger partial charge in [0, 0.05) is 31.9 Å². The fourth-order valence-corrected chi connectivity index (χ4v) is 3.72. The van der Waals surface area contributed by atoms with E-state index in [9.17, 15) is 5.11 Å². The number of phenols is 1. The molecule has 0 spiro atoms. The zero-order valence-corrected chi connectivity index (χ0v) is 18.0. The Balaban J connectivity index is 1.58. The van der Waals surface area contributed by atoms with Crippen LogP contribution in [0.25, 0.3) is 0 Å². The molecule has 156 valence electrons. The molecule has 1 aromatic carbocycles. The molecule has 1 saturated heterocycles. The molecular formula is C23H33N5O. The maximum Gasteiger partial charge on any atom is 0.191 e. The Morgan fingerprint density at radius 2 is 1.86 bits per heavy atom. The van der Waals surface area contributed by atoms with E-state index < -0.39 is 0 Å². The van der Waals surface area contributed by atoms with E-state index in [2.05, 4.69) is 46.5 Å². The minimum absolute atomic E-state index is 0.373. The minimum atomic E-state index is 0.373. The van der Waals surface area contributed by atoms with Crippen LogP contribution in [0.4, 0.5) is 5.82 Å². The number of aliphatic imine (C=N–C) groups is 1. The second-order valence-corrected chi connectivity index (χ2v) is 7.87. The van der Waals surface area contributed by atoms with Crippen molar-refractivity contribution in [2.75, 3.05) is 24.5 Å². The third-order valence-corrected chi connectivity index (χ3v) is 5.37. The van der Waals surface area contributed by atoms with E-state index in [1.54, 1.807) is 0 Å². The summed E-state index contributed by atoms with van der Waals surface area (Å²) in [6.07, 6.45) is 4.04. The summed E-state index contributed by atoms with van der Waals surface area (Å²) in [5.74, 6) is 2.29. The number of rotatable bonds is 5. The highest BCUT2D eigenvalue weighted by Crippen LogP contribution is 2.23. The van der Waals surface area contributed by atoms with Gasteiger partial charge in [-0.05, 0) is 68.9 Å². The smallest absolute Gasteiger partial charge is 0.191 e. The molecule has 1 aromatic heterocycles. The Morgan fingerprint density at radius 1 is 1.17 bits per heavy atom. The number of phenolic OH excluding ortho intramolecular Hbond substituents is 1. The third kappa shape index (κ3) is 5.62. The molecule has 1 aliphatic rings. The topological polar surface area (TPSA) is 72.8 Å². The van der Waals surface area contributed by atoms with Gasteiger partial charge in [-0.15, -0.1) is 0 Å². The van der Waals surface area contributed by atoms with Crippen LogP contribution in [0.1, 0.15) is 42.0 Å². The zero-order valence-electron chi connectivity index (χ0n) is 18.0. The van der Waals surface area contributed by atoms with Crippen LogP contribution in [-0.4, -0.2) is 41.7 Å². The number of benzene rings is 1. The molecule has 3 N–H and O–H groups in total. The van der Waals surface area contributed by atoms with Crippen molar-refractivity contribution < 1.29 is 5.11 Å². The number of guanidine groups is 1. The first-order chi connectivity index (χ1) is 14.0. The maximum atomic E-state index is 9.96. The van der Waals surface area contributed by atoms with Gasteiger partial charge in [0.05, 0.1) is 6.54 Å². The van der Waals surface area contributed by atoms with Crippen LogP contribution in [0.3, 0.4) is 0 Å². The predicted octanol–water partition coefficient (Wildman–Crippen LogP) is 3.44. The number of hydrogen-bond acceptors (Lipinski definition) is 4. The van der Waals surface area contributed by atoms with Crippen LogP contribution in [0, 0.1) is 20.8 Å². The van der Waals surface area contributed by atoms with E-state index in [0.29, 0.717) is 18.3 Å². The lowest BCUT2D eigenvalue weighted by Crippen LogP contribution is -2.48. The zero-order chi connectivity index (χ0) is 20.8. The van der Waals surface area contributed by atoms with E-state index in [-0.39, 0.29) is 0 Å². The summed E-state index contributed by atoms with van der Waals surface area (Å²) in [7, 11) is 0.